The SMILES string of the molecule is O=C(OCc1ccccc1)N1CC[C@@H](OC2CC2)[C@H](O)C1. The summed E-state index contributed by atoms with van der Waals surface area (Å²) in [6.07, 6.45) is 2.03. The molecule has 1 aromatic rings. The van der Waals surface area contributed by atoms with Crippen molar-refractivity contribution in [3.63, 3.8) is 0 Å². The van der Waals surface area contributed by atoms with E-state index < -0.39 is 6.10 Å². The Labute approximate surface area is 124 Å². The molecule has 3 rings (SSSR count). The molecule has 0 radical (unpaired) electrons. The molecule has 2 fully saturated rings. The molecule has 114 valence electrons. The maximum absolute atomic E-state index is 12.0. The predicted octanol–water partition coefficient (Wildman–Crippen LogP) is 1.94. The van der Waals surface area contributed by atoms with E-state index in [0.29, 0.717) is 19.1 Å². The van der Waals surface area contributed by atoms with Gasteiger partial charge in [0.2, 0.25) is 0 Å². The summed E-state index contributed by atoms with van der Waals surface area (Å²) in [5.74, 6) is 0. The van der Waals surface area contributed by atoms with E-state index in [1.54, 1.807) is 4.90 Å². The van der Waals surface area contributed by atoms with Crippen LogP contribution in [0, 0.1) is 0 Å². The molecule has 5 heteroatoms. The zero-order valence-corrected chi connectivity index (χ0v) is 12.0. The van der Waals surface area contributed by atoms with Gasteiger partial charge in [-0.3, -0.25) is 0 Å². The lowest BCUT2D eigenvalue weighted by Gasteiger charge is -2.35. The van der Waals surface area contributed by atoms with Crippen molar-refractivity contribution in [3.8, 4) is 0 Å². The second-order valence-corrected chi connectivity index (χ2v) is 5.72. The second kappa shape index (κ2) is 6.45. The number of aliphatic hydroxyl groups is 1. The smallest absolute Gasteiger partial charge is 0.410 e. The van der Waals surface area contributed by atoms with Gasteiger partial charge in [0.1, 0.15) is 6.61 Å². The van der Waals surface area contributed by atoms with Gasteiger partial charge in [0.05, 0.1) is 24.9 Å². The van der Waals surface area contributed by atoms with Crippen LogP contribution in [0.5, 0.6) is 0 Å². The molecule has 1 aliphatic heterocycles. The zero-order valence-electron chi connectivity index (χ0n) is 12.0. The van der Waals surface area contributed by atoms with Crippen LogP contribution in [0.15, 0.2) is 30.3 Å². The molecule has 1 aromatic carbocycles. The highest BCUT2D eigenvalue weighted by atomic mass is 16.6. The third kappa shape index (κ3) is 3.95. The van der Waals surface area contributed by atoms with Crippen molar-refractivity contribution in [2.24, 2.45) is 0 Å². The third-order valence-electron chi connectivity index (χ3n) is 3.88. The zero-order chi connectivity index (χ0) is 14.7. The number of aliphatic hydroxyl groups excluding tert-OH is 1. The Bertz CT molecular complexity index is 474. The summed E-state index contributed by atoms with van der Waals surface area (Å²) in [7, 11) is 0. The van der Waals surface area contributed by atoms with E-state index in [4.69, 9.17) is 9.47 Å². The van der Waals surface area contributed by atoms with E-state index in [9.17, 15) is 9.90 Å². The first kappa shape index (κ1) is 14.4. The molecule has 21 heavy (non-hydrogen) atoms. The number of benzene rings is 1. The van der Waals surface area contributed by atoms with Crippen LogP contribution >= 0.6 is 0 Å². The van der Waals surface area contributed by atoms with E-state index >= 15 is 0 Å². The summed E-state index contributed by atoms with van der Waals surface area (Å²) < 4.78 is 11.0. The average molecular weight is 291 g/mol. The first-order chi connectivity index (χ1) is 10.2. The van der Waals surface area contributed by atoms with Crippen molar-refractivity contribution in [1.82, 2.24) is 4.90 Å². The van der Waals surface area contributed by atoms with E-state index in [0.717, 1.165) is 18.4 Å². The molecule has 0 aromatic heterocycles. The van der Waals surface area contributed by atoms with E-state index in [1.165, 1.54) is 0 Å². The van der Waals surface area contributed by atoms with Gasteiger partial charge in [0.25, 0.3) is 0 Å². The van der Waals surface area contributed by atoms with Gasteiger partial charge in [-0.1, -0.05) is 30.3 Å². The molecule has 5 nitrogen and oxygen atoms in total. The number of likely N-dealkylation sites (tertiary alicyclic amines) is 1. The highest BCUT2D eigenvalue weighted by molar-refractivity contribution is 5.67. The van der Waals surface area contributed by atoms with Gasteiger partial charge in [-0.05, 0) is 24.8 Å². The largest absolute Gasteiger partial charge is 0.445 e. The lowest BCUT2D eigenvalue weighted by atomic mass is 10.1. The van der Waals surface area contributed by atoms with Crippen molar-refractivity contribution in [2.45, 2.75) is 44.2 Å². The van der Waals surface area contributed by atoms with Gasteiger partial charge in [-0.15, -0.1) is 0 Å². The summed E-state index contributed by atoms with van der Waals surface area (Å²) in [6.45, 7) is 1.11. The first-order valence-corrected chi connectivity index (χ1v) is 7.51. The number of β-amino-alcohol motifs (C(OH)–C–C–N with tert-alkyl or cyclic N) is 1. The highest BCUT2D eigenvalue weighted by Crippen LogP contribution is 2.28. The van der Waals surface area contributed by atoms with E-state index in [1.807, 2.05) is 30.3 Å². The summed E-state index contributed by atoms with van der Waals surface area (Å²) in [4.78, 5) is 13.6. The molecular weight excluding hydrogens is 270 g/mol. The van der Waals surface area contributed by atoms with Crippen molar-refractivity contribution >= 4 is 6.09 Å². The van der Waals surface area contributed by atoms with Gasteiger partial charge in [-0.25, -0.2) is 4.79 Å². The maximum atomic E-state index is 12.0. The minimum atomic E-state index is -0.622. The summed E-state index contributed by atoms with van der Waals surface area (Å²) in [5.41, 5.74) is 0.957. The number of amides is 1. The van der Waals surface area contributed by atoms with Crippen LogP contribution in [0.25, 0.3) is 0 Å². The minimum Gasteiger partial charge on any atom is -0.445 e. The van der Waals surface area contributed by atoms with Crippen LogP contribution in [-0.2, 0) is 16.1 Å². The van der Waals surface area contributed by atoms with Crippen LogP contribution in [0.4, 0.5) is 4.79 Å². The number of carbonyl (C=O) groups excluding carboxylic acids is 1. The molecule has 2 aliphatic rings. The number of ether oxygens (including phenoxy) is 2. The van der Waals surface area contributed by atoms with Crippen LogP contribution in [0.3, 0.4) is 0 Å². The molecule has 0 spiro atoms. The molecule has 1 heterocycles. The van der Waals surface area contributed by atoms with Crippen molar-refractivity contribution in [2.75, 3.05) is 13.1 Å². The fourth-order valence-corrected chi connectivity index (χ4v) is 2.50. The average Bonchev–Trinajstić information content (AvgIpc) is 3.32. The summed E-state index contributed by atoms with van der Waals surface area (Å²) >= 11 is 0. The van der Waals surface area contributed by atoms with Gasteiger partial charge in [-0.2, -0.15) is 0 Å². The van der Waals surface area contributed by atoms with Crippen LogP contribution in [0.1, 0.15) is 24.8 Å². The molecule has 0 unspecified atom stereocenters. The number of hydrogen-bond donors (Lipinski definition) is 1. The maximum Gasteiger partial charge on any atom is 0.410 e. The number of hydrogen-bond acceptors (Lipinski definition) is 4. The van der Waals surface area contributed by atoms with E-state index in [2.05, 4.69) is 0 Å². The number of carbonyl (C=O) groups is 1. The normalized spacial score (nSPS) is 25.7. The molecule has 0 bridgehead atoms. The Morgan fingerprint density at radius 2 is 2.00 bits per heavy atom. The number of rotatable bonds is 4. The Hall–Kier alpha value is -1.59. The van der Waals surface area contributed by atoms with Crippen LogP contribution in [0.2, 0.25) is 0 Å². The molecule has 1 saturated heterocycles. The summed E-state index contributed by atoms with van der Waals surface area (Å²) in [5, 5.41) is 10.1. The Balaban J connectivity index is 1.45. The van der Waals surface area contributed by atoms with Gasteiger partial charge >= 0.3 is 6.09 Å². The predicted molar refractivity (Wildman–Crippen MR) is 76.7 cm³/mol. The molecule has 1 saturated carbocycles. The first-order valence-electron chi connectivity index (χ1n) is 7.51. The summed E-state index contributed by atoms with van der Waals surface area (Å²) in [6, 6.07) is 9.57. The Morgan fingerprint density at radius 3 is 2.67 bits per heavy atom. The molecular formula is C16H21NO4. The molecule has 1 aliphatic carbocycles. The number of piperidine rings is 1. The Kier molecular flexibility index (Phi) is 4.41. The monoisotopic (exact) mass is 291 g/mol. The molecule has 1 N–H and O–H groups in total. The standard InChI is InChI=1S/C16H21NO4/c18-14-10-17(9-8-15(14)21-13-6-7-13)16(19)20-11-12-4-2-1-3-5-12/h1-5,13-15,18H,6-11H2/t14-,15-/m1/s1. The van der Waals surface area contributed by atoms with E-state index in [-0.39, 0.29) is 25.3 Å². The van der Waals surface area contributed by atoms with Gasteiger partial charge < -0.3 is 19.5 Å². The van der Waals surface area contributed by atoms with Crippen molar-refractivity contribution in [1.29, 1.82) is 0 Å². The number of nitrogens with zero attached hydrogens (tertiary/aromatic N) is 1. The minimum absolute atomic E-state index is 0.143. The van der Waals surface area contributed by atoms with Crippen LogP contribution < -0.4 is 0 Å². The lowest BCUT2D eigenvalue weighted by Crippen LogP contribution is -2.50. The van der Waals surface area contributed by atoms with Gasteiger partial charge in [0, 0.05) is 6.54 Å². The van der Waals surface area contributed by atoms with Crippen molar-refractivity contribution < 1.29 is 19.4 Å². The molecule has 2 atom stereocenters. The topological polar surface area (TPSA) is 59.0 Å². The van der Waals surface area contributed by atoms with Gasteiger partial charge in [0.15, 0.2) is 0 Å². The lowest BCUT2D eigenvalue weighted by molar-refractivity contribution is -0.0822. The third-order valence-corrected chi connectivity index (χ3v) is 3.88. The quantitative estimate of drug-likeness (QED) is 0.921. The Morgan fingerprint density at radius 1 is 1.24 bits per heavy atom. The van der Waals surface area contributed by atoms with Crippen LogP contribution in [-0.4, -0.2) is 47.5 Å². The van der Waals surface area contributed by atoms with Crippen molar-refractivity contribution in [3.05, 3.63) is 35.9 Å². The second-order valence-electron chi connectivity index (χ2n) is 5.72. The fourth-order valence-electron chi connectivity index (χ4n) is 2.50. The highest BCUT2D eigenvalue weighted by Gasteiger charge is 2.35. The molecule has 1 amide bonds. The fraction of sp³-hybridized carbons (Fsp3) is 0.562.